The number of halogens is 1. The van der Waals surface area contributed by atoms with Gasteiger partial charge in [-0.25, -0.2) is 4.79 Å². The molecule has 4 nitrogen and oxygen atoms in total. The van der Waals surface area contributed by atoms with Crippen LogP contribution < -0.4 is 5.32 Å². The summed E-state index contributed by atoms with van der Waals surface area (Å²) in [6.45, 7) is 3.25. The van der Waals surface area contributed by atoms with Crippen LogP contribution in [0.3, 0.4) is 0 Å². The third kappa shape index (κ3) is 2.48. The first-order valence-corrected chi connectivity index (χ1v) is 9.90. The van der Waals surface area contributed by atoms with Gasteiger partial charge in [0, 0.05) is 11.0 Å². The maximum Gasteiger partial charge on any atom is 0.407 e. The number of alkyl carbamates (subject to hydrolysis) is 1. The van der Waals surface area contributed by atoms with Gasteiger partial charge in [-0.1, -0.05) is 22.0 Å². The number of ether oxygens (including phenoxy) is 1. The van der Waals surface area contributed by atoms with Gasteiger partial charge >= 0.3 is 6.09 Å². The number of hydrogen-bond acceptors (Lipinski definition) is 3. The van der Waals surface area contributed by atoms with E-state index in [0.29, 0.717) is 5.92 Å². The molecule has 3 aliphatic heterocycles. The molecule has 3 saturated heterocycles. The molecule has 0 aromatic heterocycles. The van der Waals surface area contributed by atoms with Crippen molar-refractivity contribution in [1.29, 1.82) is 0 Å². The minimum atomic E-state index is -0.221. The molecule has 1 saturated carbocycles. The van der Waals surface area contributed by atoms with Crippen LogP contribution in [0.25, 0.3) is 0 Å². The van der Waals surface area contributed by atoms with E-state index in [4.69, 9.17) is 4.74 Å². The molecule has 2 aliphatic carbocycles. The van der Waals surface area contributed by atoms with E-state index < -0.39 is 0 Å². The molecule has 2 atom stereocenters. The van der Waals surface area contributed by atoms with E-state index in [1.807, 2.05) is 0 Å². The highest BCUT2D eigenvalue weighted by Gasteiger charge is 2.55. The highest BCUT2D eigenvalue weighted by molar-refractivity contribution is 9.10. The molecule has 5 aliphatic rings. The van der Waals surface area contributed by atoms with Gasteiger partial charge in [0.2, 0.25) is 0 Å². The van der Waals surface area contributed by atoms with Gasteiger partial charge in [0.05, 0.1) is 6.04 Å². The third-order valence-electron chi connectivity index (χ3n) is 6.58. The molecule has 4 fully saturated rings. The van der Waals surface area contributed by atoms with Crippen LogP contribution in [-0.2, 0) is 11.2 Å². The van der Waals surface area contributed by atoms with E-state index in [2.05, 4.69) is 44.3 Å². The molecule has 128 valence electrons. The summed E-state index contributed by atoms with van der Waals surface area (Å²) in [5, 5.41) is 3.22. The maximum absolute atomic E-state index is 12.6. The molecule has 1 aromatic rings. The number of nitrogens with zero attached hydrogens (tertiary/aromatic N) is 1. The molecule has 6 rings (SSSR count). The first kappa shape index (κ1) is 15.2. The van der Waals surface area contributed by atoms with Crippen molar-refractivity contribution in [2.24, 2.45) is 11.3 Å². The Balaban J connectivity index is 1.30. The number of carbonyl (C=O) groups is 1. The molecule has 3 heterocycles. The summed E-state index contributed by atoms with van der Waals surface area (Å²) in [4.78, 5) is 15.0. The van der Waals surface area contributed by atoms with E-state index in [0.717, 1.165) is 17.4 Å². The third-order valence-corrected chi connectivity index (χ3v) is 7.07. The van der Waals surface area contributed by atoms with Crippen molar-refractivity contribution in [3.8, 4) is 0 Å². The van der Waals surface area contributed by atoms with Crippen LogP contribution in [-0.4, -0.2) is 36.7 Å². The van der Waals surface area contributed by atoms with Crippen molar-refractivity contribution >= 4 is 22.0 Å². The summed E-state index contributed by atoms with van der Waals surface area (Å²) < 4.78 is 6.96. The van der Waals surface area contributed by atoms with Crippen LogP contribution in [0.15, 0.2) is 22.7 Å². The first-order valence-electron chi connectivity index (χ1n) is 9.11. The lowest BCUT2D eigenvalue weighted by atomic mass is 9.86. The van der Waals surface area contributed by atoms with Gasteiger partial charge in [0.1, 0.15) is 6.10 Å². The number of carbonyl (C=O) groups excluding carboxylic acids is 1. The van der Waals surface area contributed by atoms with Crippen LogP contribution in [0.2, 0.25) is 0 Å². The number of piperidine rings is 3. The molecule has 1 amide bonds. The number of benzene rings is 1. The average Bonchev–Trinajstić information content (AvgIpc) is 3.28. The predicted octanol–water partition coefficient (Wildman–Crippen LogP) is 3.65. The number of nitrogens with one attached hydrogen (secondary N) is 1. The fourth-order valence-electron chi connectivity index (χ4n) is 5.01. The van der Waals surface area contributed by atoms with Crippen LogP contribution in [0.4, 0.5) is 4.79 Å². The van der Waals surface area contributed by atoms with Gasteiger partial charge in [-0.3, -0.25) is 4.90 Å². The van der Waals surface area contributed by atoms with E-state index >= 15 is 0 Å². The highest BCUT2D eigenvalue weighted by atomic mass is 79.9. The zero-order valence-electron chi connectivity index (χ0n) is 13.8. The van der Waals surface area contributed by atoms with E-state index in [9.17, 15) is 4.79 Å². The molecular formula is C19H23BrN2O2. The zero-order chi connectivity index (χ0) is 16.3. The summed E-state index contributed by atoms with van der Waals surface area (Å²) in [7, 11) is 0. The number of rotatable bonds is 2. The Kier molecular flexibility index (Phi) is 3.46. The smallest absolute Gasteiger partial charge is 0.407 e. The summed E-state index contributed by atoms with van der Waals surface area (Å²) in [6.07, 6.45) is 5.67. The van der Waals surface area contributed by atoms with Gasteiger partial charge in [-0.2, -0.15) is 0 Å². The molecule has 1 N–H and O–H groups in total. The summed E-state index contributed by atoms with van der Waals surface area (Å²) in [5.41, 5.74) is 2.90. The normalized spacial score (nSPS) is 34.9. The highest BCUT2D eigenvalue weighted by Crippen LogP contribution is 2.62. The lowest BCUT2D eigenvalue weighted by Gasteiger charge is -2.44. The van der Waals surface area contributed by atoms with Gasteiger partial charge in [0.25, 0.3) is 0 Å². The lowest BCUT2D eigenvalue weighted by Crippen LogP contribution is -2.52. The Bertz CT molecular complexity index is 680. The minimum Gasteiger partial charge on any atom is -0.445 e. The quantitative estimate of drug-likeness (QED) is 0.837. The Morgan fingerprint density at radius 1 is 1.29 bits per heavy atom. The largest absolute Gasteiger partial charge is 0.445 e. The summed E-state index contributed by atoms with van der Waals surface area (Å²) in [5.74, 6) is 0.558. The molecule has 1 aromatic carbocycles. The van der Waals surface area contributed by atoms with Gasteiger partial charge in [0.15, 0.2) is 0 Å². The SMILES string of the molecule is O=C(NC1c2ccc(Br)cc2CC12CC2)O[C@@H]1CN2CCC1CC2. The molecule has 5 heteroatoms. The second-order valence-electron chi connectivity index (χ2n) is 8.04. The number of fused-ring (bicyclic) bond motifs is 4. The zero-order valence-corrected chi connectivity index (χ0v) is 15.3. The first-order chi connectivity index (χ1) is 11.6. The van der Waals surface area contributed by atoms with Gasteiger partial charge in [-0.05, 0) is 79.8 Å². The van der Waals surface area contributed by atoms with E-state index in [-0.39, 0.29) is 23.7 Å². The van der Waals surface area contributed by atoms with Crippen LogP contribution in [0.5, 0.6) is 0 Å². The Labute approximate surface area is 151 Å². The topological polar surface area (TPSA) is 41.6 Å². The molecule has 24 heavy (non-hydrogen) atoms. The molecule has 1 unspecified atom stereocenters. The Morgan fingerprint density at radius 2 is 2.08 bits per heavy atom. The van der Waals surface area contributed by atoms with Crippen molar-refractivity contribution in [2.75, 3.05) is 19.6 Å². The minimum absolute atomic E-state index is 0.0773. The number of hydrogen-bond donors (Lipinski definition) is 1. The maximum atomic E-state index is 12.6. The van der Waals surface area contributed by atoms with E-state index in [1.54, 1.807) is 0 Å². The standard InChI is InChI=1S/C19H23BrN2O2/c20-14-1-2-15-13(9-14)10-19(5-6-19)17(15)21-18(23)24-16-11-22-7-3-12(16)4-8-22/h1-2,9,12,16-17H,3-8,10-11H2,(H,21,23)/t16-,17?/m1/s1. The molecular weight excluding hydrogens is 368 g/mol. The summed E-state index contributed by atoms with van der Waals surface area (Å²) in [6, 6.07) is 6.56. The average molecular weight is 391 g/mol. The van der Waals surface area contributed by atoms with Crippen molar-refractivity contribution < 1.29 is 9.53 Å². The van der Waals surface area contributed by atoms with Gasteiger partial charge in [-0.15, -0.1) is 0 Å². The van der Waals surface area contributed by atoms with Crippen LogP contribution in [0.1, 0.15) is 42.9 Å². The molecule has 0 radical (unpaired) electrons. The van der Waals surface area contributed by atoms with E-state index in [1.165, 1.54) is 49.9 Å². The van der Waals surface area contributed by atoms with Crippen molar-refractivity contribution in [2.45, 2.75) is 44.2 Å². The number of amides is 1. The Morgan fingerprint density at radius 3 is 2.75 bits per heavy atom. The molecule has 2 bridgehead atoms. The van der Waals surface area contributed by atoms with Crippen LogP contribution >= 0.6 is 15.9 Å². The van der Waals surface area contributed by atoms with Crippen LogP contribution in [0, 0.1) is 11.3 Å². The summed E-state index contributed by atoms with van der Waals surface area (Å²) >= 11 is 3.56. The fourth-order valence-corrected chi connectivity index (χ4v) is 5.42. The predicted molar refractivity (Wildman–Crippen MR) is 94.8 cm³/mol. The Hall–Kier alpha value is -1.07. The van der Waals surface area contributed by atoms with Gasteiger partial charge < -0.3 is 10.1 Å². The molecule has 1 spiro atoms. The fraction of sp³-hybridized carbons (Fsp3) is 0.632. The monoisotopic (exact) mass is 390 g/mol. The van der Waals surface area contributed by atoms with Crippen molar-refractivity contribution in [1.82, 2.24) is 10.2 Å². The van der Waals surface area contributed by atoms with Crippen molar-refractivity contribution in [3.63, 3.8) is 0 Å². The second-order valence-corrected chi connectivity index (χ2v) is 8.96. The lowest BCUT2D eigenvalue weighted by molar-refractivity contribution is -0.0344. The second kappa shape index (κ2) is 5.46. The van der Waals surface area contributed by atoms with Crippen molar-refractivity contribution in [3.05, 3.63) is 33.8 Å².